The third-order valence-corrected chi connectivity index (χ3v) is 1.99. The minimum Gasteiger partial charge on any atom is -0.330 e. The highest BCUT2D eigenvalue weighted by Gasteiger charge is 2.08. The Morgan fingerprint density at radius 3 is 2.42 bits per heavy atom. The Hall–Kier alpha value is -0.860. The molecule has 0 heterocycles. The van der Waals surface area contributed by atoms with Crippen LogP contribution in [-0.2, 0) is 5.11 Å². The molecule has 1 atom stereocenters. The first-order chi connectivity index (χ1) is 5.88. The van der Waals surface area contributed by atoms with E-state index in [1.165, 1.54) is 0 Å². The van der Waals surface area contributed by atoms with Crippen LogP contribution in [0.25, 0.3) is 0 Å². The molecule has 0 spiro atoms. The maximum Gasteiger partial charge on any atom is 0.0891 e. The second kappa shape index (κ2) is 4.91. The molecule has 0 aliphatic heterocycles. The standard InChI is InChI=1S/C10H14NO/c11-7-6-10(8-12)9-4-2-1-3-5-9/h1-5,10H,6-8,11H2. The molecule has 0 fully saturated rings. The number of hydrogen-bond acceptors (Lipinski definition) is 1. The summed E-state index contributed by atoms with van der Waals surface area (Å²) in [5.74, 6) is 0.0937. The highest BCUT2D eigenvalue weighted by Crippen LogP contribution is 2.17. The first-order valence-corrected chi connectivity index (χ1v) is 4.21. The summed E-state index contributed by atoms with van der Waals surface area (Å²) in [6.45, 7) is 0.517. The first-order valence-electron chi connectivity index (χ1n) is 4.21. The van der Waals surface area contributed by atoms with Crippen molar-refractivity contribution in [3.05, 3.63) is 35.9 Å². The summed E-state index contributed by atoms with van der Waals surface area (Å²) in [5, 5.41) is 10.8. The van der Waals surface area contributed by atoms with E-state index in [0.717, 1.165) is 12.0 Å². The summed E-state index contributed by atoms with van der Waals surface area (Å²) in [6, 6.07) is 9.83. The van der Waals surface area contributed by atoms with Crippen molar-refractivity contribution in [1.29, 1.82) is 0 Å². The fourth-order valence-electron chi connectivity index (χ4n) is 1.27. The van der Waals surface area contributed by atoms with Crippen LogP contribution < -0.4 is 5.73 Å². The van der Waals surface area contributed by atoms with E-state index in [1.807, 2.05) is 30.3 Å². The predicted octanol–water partition coefficient (Wildman–Crippen LogP) is 1.55. The predicted molar refractivity (Wildman–Crippen MR) is 48.4 cm³/mol. The average Bonchev–Trinajstić information content (AvgIpc) is 2.15. The van der Waals surface area contributed by atoms with Crippen LogP contribution in [0.5, 0.6) is 0 Å². The zero-order valence-electron chi connectivity index (χ0n) is 7.07. The van der Waals surface area contributed by atoms with Crippen molar-refractivity contribution in [2.24, 2.45) is 5.73 Å². The van der Waals surface area contributed by atoms with Crippen molar-refractivity contribution in [2.75, 3.05) is 13.2 Å². The third-order valence-electron chi connectivity index (χ3n) is 1.99. The van der Waals surface area contributed by atoms with Gasteiger partial charge in [-0.2, -0.15) is 0 Å². The number of rotatable bonds is 4. The van der Waals surface area contributed by atoms with Crippen LogP contribution in [0, 0.1) is 0 Å². The van der Waals surface area contributed by atoms with Gasteiger partial charge in [0, 0.05) is 5.92 Å². The lowest BCUT2D eigenvalue weighted by molar-refractivity contribution is 0.169. The molecule has 0 aromatic heterocycles. The molecular weight excluding hydrogens is 150 g/mol. The Kier molecular flexibility index (Phi) is 3.77. The molecule has 0 saturated heterocycles. The van der Waals surface area contributed by atoms with Crippen LogP contribution >= 0.6 is 0 Å². The van der Waals surface area contributed by atoms with Crippen LogP contribution in [0.1, 0.15) is 17.9 Å². The van der Waals surface area contributed by atoms with Crippen LogP contribution in [0.15, 0.2) is 30.3 Å². The lowest BCUT2D eigenvalue weighted by Crippen LogP contribution is -2.09. The number of nitrogens with two attached hydrogens (primary N) is 1. The largest absolute Gasteiger partial charge is 0.330 e. The monoisotopic (exact) mass is 164 g/mol. The average molecular weight is 164 g/mol. The number of hydrogen-bond donors (Lipinski definition) is 1. The third kappa shape index (κ3) is 2.32. The van der Waals surface area contributed by atoms with Gasteiger partial charge in [0.15, 0.2) is 0 Å². The minimum absolute atomic E-state index is 0.0682. The van der Waals surface area contributed by atoms with Crippen molar-refractivity contribution < 1.29 is 5.11 Å². The molecule has 2 N–H and O–H groups in total. The topological polar surface area (TPSA) is 45.9 Å². The van der Waals surface area contributed by atoms with E-state index >= 15 is 0 Å². The molecule has 1 unspecified atom stereocenters. The van der Waals surface area contributed by atoms with E-state index in [4.69, 9.17) is 5.73 Å². The van der Waals surface area contributed by atoms with Gasteiger partial charge in [-0.25, -0.2) is 5.11 Å². The van der Waals surface area contributed by atoms with Gasteiger partial charge in [-0.3, -0.25) is 0 Å². The smallest absolute Gasteiger partial charge is 0.0891 e. The second-order valence-electron chi connectivity index (χ2n) is 2.85. The maximum absolute atomic E-state index is 10.8. The second-order valence-corrected chi connectivity index (χ2v) is 2.85. The molecule has 1 radical (unpaired) electrons. The Morgan fingerprint density at radius 2 is 1.92 bits per heavy atom. The summed E-state index contributed by atoms with van der Waals surface area (Å²) < 4.78 is 0. The Bertz CT molecular complexity index is 210. The van der Waals surface area contributed by atoms with Crippen molar-refractivity contribution in [2.45, 2.75) is 12.3 Å². The van der Waals surface area contributed by atoms with E-state index in [1.54, 1.807) is 0 Å². The minimum atomic E-state index is -0.0682. The zero-order chi connectivity index (χ0) is 8.81. The van der Waals surface area contributed by atoms with E-state index in [9.17, 15) is 5.11 Å². The Morgan fingerprint density at radius 1 is 1.25 bits per heavy atom. The van der Waals surface area contributed by atoms with E-state index in [-0.39, 0.29) is 12.5 Å². The highest BCUT2D eigenvalue weighted by molar-refractivity contribution is 5.19. The molecular formula is C10H14NO. The molecule has 1 rings (SSSR count). The van der Waals surface area contributed by atoms with Gasteiger partial charge in [0.05, 0.1) is 6.61 Å². The van der Waals surface area contributed by atoms with Crippen LogP contribution in [0.3, 0.4) is 0 Å². The maximum atomic E-state index is 10.8. The zero-order valence-corrected chi connectivity index (χ0v) is 7.07. The van der Waals surface area contributed by atoms with E-state index < -0.39 is 0 Å². The summed E-state index contributed by atoms with van der Waals surface area (Å²) in [6.07, 6.45) is 0.785. The molecule has 0 bridgehead atoms. The number of benzene rings is 1. The van der Waals surface area contributed by atoms with Crippen molar-refractivity contribution in [1.82, 2.24) is 0 Å². The van der Waals surface area contributed by atoms with Crippen molar-refractivity contribution in [3.63, 3.8) is 0 Å². The lowest BCUT2D eigenvalue weighted by atomic mass is 9.97. The van der Waals surface area contributed by atoms with Crippen LogP contribution in [-0.4, -0.2) is 13.2 Å². The molecule has 1 aromatic carbocycles. The van der Waals surface area contributed by atoms with Gasteiger partial charge in [-0.1, -0.05) is 30.3 Å². The molecule has 65 valence electrons. The fraction of sp³-hybridized carbons (Fsp3) is 0.400. The molecule has 12 heavy (non-hydrogen) atoms. The van der Waals surface area contributed by atoms with Gasteiger partial charge >= 0.3 is 0 Å². The van der Waals surface area contributed by atoms with Gasteiger partial charge in [0.1, 0.15) is 0 Å². The van der Waals surface area contributed by atoms with Crippen LogP contribution in [0.2, 0.25) is 0 Å². The van der Waals surface area contributed by atoms with Gasteiger partial charge in [0.2, 0.25) is 0 Å². The van der Waals surface area contributed by atoms with Gasteiger partial charge in [-0.15, -0.1) is 0 Å². The summed E-state index contributed by atoms with van der Waals surface area (Å²) in [5.41, 5.74) is 6.51. The van der Waals surface area contributed by atoms with Crippen molar-refractivity contribution >= 4 is 0 Å². The molecule has 0 saturated carbocycles. The Labute approximate surface area is 73.0 Å². The molecule has 2 heteroatoms. The summed E-state index contributed by atoms with van der Waals surface area (Å²) >= 11 is 0. The van der Waals surface area contributed by atoms with Crippen LogP contribution in [0.4, 0.5) is 0 Å². The molecule has 2 nitrogen and oxygen atoms in total. The first kappa shape index (κ1) is 9.23. The Balaban J connectivity index is 2.66. The van der Waals surface area contributed by atoms with E-state index in [0.29, 0.717) is 6.54 Å². The highest BCUT2D eigenvalue weighted by atomic mass is 16.3. The lowest BCUT2D eigenvalue weighted by Gasteiger charge is -2.11. The van der Waals surface area contributed by atoms with Gasteiger partial charge in [-0.05, 0) is 18.5 Å². The molecule has 0 amide bonds. The summed E-state index contributed by atoms with van der Waals surface area (Å²) in [4.78, 5) is 0. The van der Waals surface area contributed by atoms with Gasteiger partial charge in [0.25, 0.3) is 0 Å². The van der Waals surface area contributed by atoms with E-state index in [2.05, 4.69) is 0 Å². The van der Waals surface area contributed by atoms with Crippen molar-refractivity contribution in [3.8, 4) is 0 Å². The quantitative estimate of drug-likeness (QED) is 0.721. The normalized spacial score (nSPS) is 12.8. The molecule has 1 aromatic rings. The van der Waals surface area contributed by atoms with Gasteiger partial charge < -0.3 is 5.73 Å². The fourth-order valence-corrected chi connectivity index (χ4v) is 1.27. The SMILES string of the molecule is NCCC(C[O])c1ccccc1. The summed E-state index contributed by atoms with van der Waals surface area (Å²) in [7, 11) is 0. The molecule has 0 aliphatic carbocycles. The molecule has 0 aliphatic rings.